The molecule has 0 unspecified atom stereocenters. The van der Waals surface area contributed by atoms with Gasteiger partial charge in [-0.3, -0.25) is 0 Å². The van der Waals surface area contributed by atoms with Crippen LogP contribution in [0.4, 0.5) is 13.2 Å². The van der Waals surface area contributed by atoms with Crippen molar-refractivity contribution in [3.05, 3.63) is 0 Å². The molecule has 0 radical (unpaired) electrons. The first-order chi connectivity index (χ1) is 6.52. The van der Waals surface area contributed by atoms with E-state index in [1.807, 2.05) is 0 Å². The molecule has 0 aromatic rings. The molecule has 1 spiro atoms. The Bertz CT molecular complexity index is 256. The van der Waals surface area contributed by atoms with E-state index in [2.05, 4.69) is 10.5 Å². The summed E-state index contributed by atoms with van der Waals surface area (Å²) in [5, 5.41) is 6.23. The zero-order chi connectivity index (χ0) is 10.2. The van der Waals surface area contributed by atoms with Gasteiger partial charge in [0, 0.05) is 19.3 Å². The highest BCUT2D eigenvalue weighted by molar-refractivity contribution is 5.91. The highest BCUT2D eigenvalue weighted by Gasteiger charge is 2.49. The molecule has 1 fully saturated rings. The molecule has 2 rings (SSSR count). The molecule has 0 aromatic carbocycles. The molecule has 6 heteroatoms. The summed E-state index contributed by atoms with van der Waals surface area (Å²) in [7, 11) is 0. The van der Waals surface area contributed by atoms with Crippen molar-refractivity contribution in [3.8, 4) is 0 Å². The van der Waals surface area contributed by atoms with Crippen LogP contribution in [0, 0.1) is 0 Å². The van der Waals surface area contributed by atoms with Crippen molar-refractivity contribution in [1.29, 1.82) is 0 Å². The van der Waals surface area contributed by atoms with Gasteiger partial charge in [-0.15, -0.1) is 0 Å². The van der Waals surface area contributed by atoms with Crippen LogP contribution >= 0.6 is 0 Å². The molecule has 0 aliphatic carbocycles. The van der Waals surface area contributed by atoms with Crippen LogP contribution in [0.15, 0.2) is 5.16 Å². The van der Waals surface area contributed by atoms with E-state index in [4.69, 9.17) is 4.84 Å². The lowest BCUT2D eigenvalue weighted by atomic mass is 9.87. The summed E-state index contributed by atoms with van der Waals surface area (Å²) in [4.78, 5) is 4.95. The minimum absolute atomic E-state index is 0.0990. The lowest BCUT2D eigenvalue weighted by molar-refractivity contribution is -0.0604. The molecular formula is C8H11F3N2O. The molecule has 0 atom stereocenters. The van der Waals surface area contributed by atoms with Gasteiger partial charge in [-0.05, 0) is 13.1 Å². The Kier molecular flexibility index (Phi) is 2.17. The maximum absolute atomic E-state index is 12.3. The van der Waals surface area contributed by atoms with Gasteiger partial charge in [0.05, 0.1) is 0 Å². The van der Waals surface area contributed by atoms with Gasteiger partial charge < -0.3 is 10.2 Å². The quantitative estimate of drug-likeness (QED) is 0.653. The van der Waals surface area contributed by atoms with Crippen molar-refractivity contribution in [2.45, 2.75) is 31.0 Å². The number of rotatable bonds is 0. The van der Waals surface area contributed by atoms with E-state index in [1.165, 1.54) is 0 Å². The predicted octanol–water partition coefficient (Wildman–Crippen LogP) is 1.45. The van der Waals surface area contributed by atoms with Crippen molar-refractivity contribution in [3.63, 3.8) is 0 Å². The lowest BCUT2D eigenvalue weighted by Gasteiger charge is -2.30. The summed E-state index contributed by atoms with van der Waals surface area (Å²) >= 11 is 0. The summed E-state index contributed by atoms with van der Waals surface area (Å²) in [6, 6.07) is 0. The van der Waals surface area contributed by atoms with E-state index in [-0.39, 0.29) is 6.42 Å². The SMILES string of the molecule is FC(F)(F)C1=NOC2(CCNCC2)C1. The van der Waals surface area contributed by atoms with Crippen molar-refractivity contribution in [2.75, 3.05) is 13.1 Å². The zero-order valence-corrected chi connectivity index (χ0v) is 7.52. The number of nitrogens with one attached hydrogen (secondary N) is 1. The van der Waals surface area contributed by atoms with Crippen LogP contribution in [0.25, 0.3) is 0 Å². The predicted molar refractivity (Wildman–Crippen MR) is 44.0 cm³/mol. The van der Waals surface area contributed by atoms with E-state index < -0.39 is 17.5 Å². The second kappa shape index (κ2) is 3.12. The maximum atomic E-state index is 12.3. The van der Waals surface area contributed by atoms with Crippen LogP contribution in [0.1, 0.15) is 19.3 Å². The van der Waals surface area contributed by atoms with E-state index in [9.17, 15) is 13.2 Å². The number of alkyl halides is 3. The van der Waals surface area contributed by atoms with Crippen molar-refractivity contribution >= 4 is 5.71 Å². The summed E-state index contributed by atoms with van der Waals surface area (Å²) in [6.07, 6.45) is -3.25. The van der Waals surface area contributed by atoms with Crippen LogP contribution in [0.5, 0.6) is 0 Å². The average molecular weight is 208 g/mol. The normalized spacial score (nSPS) is 26.1. The number of piperidine rings is 1. The Morgan fingerprint density at radius 2 is 1.93 bits per heavy atom. The van der Waals surface area contributed by atoms with Crippen molar-refractivity contribution in [2.24, 2.45) is 5.16 Å². The van der Waals surface area contributed by atoms with Crippen molar-refractivity contribution < 1.29 is 18.0 Å². The number of halogens is 3. The van der Waals surface area contributed by atoms with Gasteiger partial charge in [0.2, 0.25) is 0 Å². The molecule has 0 saturated carbocycles. The summed E-state index contributed by atoms with van der Waals surface area (Å²) in [5.41, 5.74) is -1.46. The third-order valence-corrected chi connectivity index (χ3v) is 2.68. The number of nitrogens with zero attached hydrogens (tertiary/aromatic N) is 1. The lowest BCUT2D eigenvalue weighted by Crippen LogP contribution is -2.42. The van der Waals surface area contributed by atoms with Crippen LogP contribution in [-0.2, 0) is 4.84 Å². The Hall–Kier alpha value is -0.780. The third kappa shape index (κ3) is 1.70. The molecule has 1 N–H and O–H groups in total. The molecule has 2 aliphatic heterocycles. The van der Waals surface area contributed by atoms with Gasteiger partial charge in [-0.25, -0.2) is 0 Å². The molecule has 3 nitrogen and oxygen atoms in total. The van der Waals surface area contributed by atoms with E-state index in [1.54, 1.807) is 0 Å². The first kappa shape index (κ1) is 9.76. The second-order valence-corrected chi connectivity index (χ2v) is 3.74. The van der Waals surface area contributed by atoms with Gasteiger partial charge in [-0.2, -0.15) is 13.2 Å². The fourth-order valence-corrected chi connectivity index (χ4v) is 1.82. The van der Waals surface area contributed by atoms with Gasteiger partial charge in [0.25, 0.3) is 0 Å². The largest absolute Gasteiger partial charge is 0.432 e. The number of hydrogen-bond acceptors (Lipinski definition) is 3. The first-order valence-corrected chi connectivity index (χ1v) is 4.55. The van der Waals surface area contributed by atoms with Crippen LogP contribution in [0.3, 0.4) is 0 Å². The second-order valence-electron chi connectivity index (χ2n) is 3.74. The Balaban J connectivity index is 2.03. The molecule has 1 saturated heterocycles. The van der Waals surface area contributed by atoms with Crippen LogP contribution in [-0.4, -0.2) is 30.6 Å². The van der Waals surface area contributed by atoms with E-state index in [0.29, 0.717) is 25.9 Å². The molecule has 80 valence electrons. The minimum Gasteiger partial charge on any atom is -0.389 e. The topological polar surface area (TPSA) is 33.6 Å². The molecule has 0 amide bonds. The highest BCUT2D eigenvalue weighted by atomic mass is 19.4. The van der Waals surface area contributed by atoms with Crippen LogP contribution in [0.2, 0.25) is 0 Å². The number of hydrogen-bond donors (Lipinski definition) is 1. The van der Waals surface area contributed by atoms with E-state index in [0.717, 1.165) is 0 Å². The Labute approximate surface area is 79.3 Å². The standard InChI is InChI=1S/C8H11F3N2O/c9-8(10,11)6-5-7(14-13-6)1-3-12-4-2-7/h12H,1-5H2. The van der Waals surface area contributed by atoms with Gasteiger partial charge in [0.15, 0.2) is 5.71 Å². The molecule has 2 heterocycles. The molecule has 0 bridgehead atoms. The highest BCUT2D eigenvalue weighted by Crippen LogP contribution is 2.37. The van der Waals surface area contributed by atoms with Crippen LogP contribution < -0.4 is 5.32 Å². The monoisotopic (exact) mass is 208 g/mol. The molecule has 14 heavy (non-hydrogen) atoms. The summed E-state index contributed by atoms with van der Waals surface area (Å²) in [5.74, 6) is 0. The van der Waals surface area contributed by atoms with Gasteiger partial charge in [0.1, 0.15) is 5.60 Å². The Morgan fingerprint density at radius 3 is 2.43 bits per heavy atom. The van der Waals surface area contributed by atoms with Gasteiger partial charge in [-0.1, -0.05) is 5.16 Å². The summed E-state index contributed by atoms with van der Waals surface area (Å²) in [6.45, 7) is 1.39. The molecular weight excluding hydrogens is 197 g/mol. The maximum Gasteiger partial charge on any atom is 0.432 e. The third-order valence-electron chi connectivity index (χ3n) is 2.68. The Morgan fingerprint density at radius 1 is 1.29 bits per heavy atom. The number of oxime groups is 1. The van der Waals surface area contributed by atoms with Crippen molar-refractivity contribution in [1.82, 2.24) is 5.32 Å². The molecule has 0 aromatic heterocycles. The van der Waals surface area contributed by atoms with Gasteiger partial charge >= 0.3 is 6.18 Å². The van der Waals surface area contributed by atoms with E-state index >= 15 is 0 Å². The summed E-state index contributed by atoms with van der Waals surface area (Å²) < 4.78 is 36.8. The fraction of sp³-hybridized carbons (Fsp3) is 0.875. The smallest absolute Gasteiger partial charge is 0.389 e. The zero-order valence-electron chi connectivity index (χ0n) is 7.52. The average Bonchev–Trinajstić information content (AvgIpc) is 2.50. The fourth-order valence-electron chi connectivity index (χ4n) is 1.82. The first-order valence-electron chi connectivity index (χ1n) is 4.55. The minimum atomic E-state index is -4.34. The molecule has 2 aliphatic rings.